The van der Waals surface area contributed by atoms with E-state index >= 15 is 0 Å². The third-order valence-corrected chi connectivity index (χ3v) is 0.959. The van der Waals surface area contributed by atoms with Crippen LogP contribution in [0.1, 0.15) is 20.3 Å². The molecular weight excluding hydrogens is 84.1 g/mol. The minimum absolute atomic E-state index is 1.02. The maximum absolute atomic E-state index is 3.61. The molecule has 0 aliphatic heterocycles. The first-order valence-corrected chi connectivity index (χ1v) is 2.54. The number of rotatable bonds is 2. The van der Waals surface area contributed by atoms with Crippen molar-refractivity contribution < 1.29 is 0 Å². The minimum Gasteiger partial charge on any atom is -0.103 e. The molecule has 0 saturated heterocycles. The van der Waals surface area contributed by atoms with Crippen molar-refractivity contribution in [2.45, 2.75) is 20.3 Å². The van der Waals surface area contributed by atoms with Crippen LogP contribution >= 0.6 is 0 Å². The van der Waals surface area contributed by atoms with Gasteiger partial charge in [-0.15, -0.1) is 6.58 Å². The van der Waals surface area contributed by atoms with E-state index in [0.717, 1.165) is 6.42 Å². The Morgan fingerprint density at radius 1 is 1.71 bits per heavy atom. The van der Waals surface area contributed by atoms with Crippen molar-refractivity contribution in [2.24, 2.45) is 0 Å². The smallest absolute Gasteiger partial charge is 0.0144 e. The fourth-order valence-electron chi connectivity index (χ4n) is 0.346. The van der Waals surface area contributed by atoms with Gasteiger partial charge in [0, 0.05) is 0 Å². The van der Waals surface area contributed by atoms with Crippen molar-refractivity contribution in [3.8, 4) is 0 Å². The molecule has 0 fully saturated rings. The monoisotopic (exact) mass is 96.1 g/mol. The van der Waals surface area contributed by atoms with Gasteiger partial charge in [-0.1, -0.05) is 17.7 Å². The lowest BCUT2D eigenvalue weighted by molar-refractivity contribution is 1.20. The van der Waals surface area contributed by atoms with Crippen LogP contribution in [-0.2, 0) is 0 Å². The lowest BCUT2D eigenvalue weighted by atomic mass is 10.2. The summed E-state index contributed by atoms with van der Waals surface area (Å²) in [5.41, 5.74) is 1.38. The van der Waals surface area contributed by atoms with Gasteiger partial charge in [0.2, 0.25) is 0 Å². The quantitative estimate of drug-likeness (QED) is 0.463. The van der Waals surface area contributed by atoms with Crippen LogP contribution in [-0.4, -0.2) is 0 Å². The standard InChI is InChI=1S/C7H12/c1-4-6-7(3)5-2/h4-5H,1,6H2,2-3H3/b7-5-. The Balaban J connectivity index is 3.36. The second-order valence-electron chi connectivity index (χ2n) is 1.63. The highest BCUT2D eigenvalue weighted by Gasteiger charge is 1.76. The van der Waals surface area contributed by atoms with Crippen LogP contribution in [0.3, 0.4) is 0 Å². The Hall–Kier alpha value is -0.520. The minimum atomic E-state index is 1.02. The zero-order valence-corrected chi connectivity index (χ0v) is 5.07. The van der Waals surface area contributed by atoms with E-state index in [2.05, 4.69) is 19.6 Å². The average molecular weight is 96.2 g/mol. The Bertz CT molecular complexity index is 78.0. The summed E-state index contributed by atoms with van der Waals surface area (Å²) < 4.78 is 0. The Morgan fingerprint density at radius 2 is 2.29 bits per heavy atom. The molecule has 0 radical (unpaired) electrons. The maximum atomic E-state index is 3.61. The highest BCUT2D eigenvalue weighted by atomic mass is 13.8. The molecule has 40 valence electrons. The first-order chi connectivity index (χ1) is 3.31. The summed E-state index contributed by atoms with van der Waals surface area (Å²) in [6.45, 7) is 7.75. The van der Waals surface area contributed by atoms with Gasteiger partial charge in [0.25, 0.3) is 0 Å². The van der Waals surface area contributed by atoms with E-state index in [1.807, 2.05) is 13.0 Å². The van der Waals surface area contributed by atoms with E-state index in [1.54, 1.807) is 0 Å². The fraction of sp³-hybridized carbons (Fsp3) is 0.429. The van der Waals surface area contributed by atoms with Crippen molar-refractivity contribution in [1.29, 1.82) is 0 Å². The van der Waals surface area contributed by atoms with Gasteiger partial charge in [0.15, 0.2) is 0 Å². The molecule has 0 rings (SSSR count). The van der Waals surface area contributed by atoms with E-state index < -0.39 is 0 Å². The first kappa shape index (κ1) is 6.48. The van der Waals surface area contributed by atoms with Crippen molar-refractivity contribution in [3.05, 3.63) is 24.3 Å². The largest absolute Gasteiger partial charge is 0.103 e. The van der Waals surface area contributed by atoms with Gasteiger partial charge in [-0.2, -0.15) is 0 Å². The highest BCUT2D eigenvalue weighted by Crippen LogP contribution is 1.96. The summed E-state index contributed by atoms with van der Waals surface area (Å²) in [6, 6.07) is 0. The summed E-state index contributed by atoms with van der Waals surface area (Å²) in [6.07, 6.45) is 5.04. The molecule has 7 heavy (non-hydrogen) atoms. The fourth-order valence-corrected chi connectivity index (χ4v) is 0.346. The topological polar surface area (TPSA) is 0 Å². The van der Waals surface area contributed by atoms with Crippen LogP contribution in [0, 0.1) is 0 Å². The molecule has 0 bridgehead atoms. The van der Waals surface area contributed by atoms with Crippen LogP contribution in [0.2, 0.25) is 0 Å². The summed E-state index contributed by atoms with van der Waals surface area (Å²) in [5, 5.41) is 0. The van der Waals surface area contributed by atoms with Crippen molar-refractivity contribution >= 4 is 0 Å². The van der Waals surface area contributed by atoms with Crippen LogP contribution in [0.4, 0.5) is 0 Å². The van der Waals surface area contributed by atoms with Gasteiger partial charge in [-0.05, 0) is 20.3 Å². The average Bonchev–Trinajstić information content (AvgIpc) is 1.68. The van der Waals surface area contributed by atoms with E-state index in [1.165, 1.54) is 5.57 Å². The normalized spacial score (nSPS) is 11.4. The molecule has 0 atom stereocenters. The molecule has 0 aliphatic carbocycles. The van der Waals surface area contributed by atoms with Crippen LogP contribution in [0.25, 0.3) is 0 Å². The summed E-state index contributed by atoms with van der Waals surface area (Å²) >= 11 is 0. The third-order valence-electron chi connectivity index (χ3n) is 0.959. The molecule has 0 amide bonds. The molecular formula is C7H12. The highest BCUT2D eigenvalue weighted by molar-refractivity contribution is 5.00. The molecule has 0 aliphatic rings. The van der Waals surface area contributed by atoms with Gasteiger partial charge < -0.3 is 0 Å². The van der Waals surface area contributed by atoms with Gasteiger partial charge >= 0.3 is 0 Å². The molecule has 0 saturated carbocycles. The molecule has 0 heterocycles. The van der Waals surface area contributed by atoms with Crippen LogP contribution in [0.5, 0.6) is 0 Å². The summed E-state index contributed by atoms with van der Waals surface area (Å²) in [4.78, 5) is 0. The van der Waals surface area contributed by atoms with Gasteiger partial charge in [0.1, 0.15) is 0 Å². The maximum Gasteiger partial charge on any atom is -0.0144 e. The Morgan fingerprint density at radius 3 is 2.43 bits per heavy atom. The van der Waals surface area contributed by atoms with E-state index in [-0.39, 0.29) is 0 Å². The molecule has 0 aromatic heterocycles. The van der Waals surface area contributed by atoms with Crippen LogP contribution < -0.4 is 0 Å². The summed E-state index contributed by atoms with van der Waals surface area (Å²) in [7, 11) is 0. The van der Waals surface area contributed by atoms with Gasteiger partial charge in [-0.3, -0.25) is 0 Å². The summed E-state index contributed by atoms with van der Waals surface area (Å²) in [5.74, 6) is 0. The zero-order valence-electron chi connectivity index (χ0n) is 5.07. The Labute approximate surface area is 45.5 Å². The van der Waals surface area contributed by atoms with Crippen molar-refractivity contribution in [2.75, 3.05) is 0 Å². The molecule has 0 aromatic carbocycles. The van der Waals surface area contributed by atoms with Gasteiger partial charge in [-0.25, -0.2) is 0 Å². The molecule has 0 aromatic rings. The van der Waals surface area contributed by atoms with Gasteiger partial charge in [0.05, 0.1) is 0 Å². The molecule has 0 N–H and O–H groups in total. The second kappa shape index (κ2) is 3.66. The van der Waals surface area contributed by atoms with Crippen molar-refractivity contribution in [1.82, 2.24) is 0 Å². The predicted octanol–water partition coefficient (Wildman–Crippen LogP) is 2.53. The lowest BCUT2D eigenvalue weighted by Gasteiger charge is -1.87. The molecule has 0 heteroatoms. The number of hydrogen-bond donors (Lipinski definition) is 0. The first-order valence-electron chi connectivity index (χ1n) is 2.54. The van der Waals surface area contributed by atoms with Crippen LogP contribution in [0.15, 0.2) is 24.3 Å². The Kier molecular flexibility index (Phi) is 3.39. The third kappa shape index (κ3) is 3.31. The SMILES string of the molecule is C=CC/C(C)=C\C. The van der Waals surface area contributed by atoms with E-state index in [9.17, 15) is 0 Å². The number of hydrogen-bond acceptors (Lipinski definition) is 0. The molecule has 0 nitrogen and oxygen atoms in total. The lowest BCUT2D eigenvalue weighted by Crippen LogP contribution is -1.66. The second-order valence-corrected chi connectivity index (χ2v) is 1.63. The van der Waals surface area contributed by atoms with E-state index in [4.69, 9.17) is 0 Å². The number of allylic oxidation sites excluding steroid dienone is 3. The van der Waals surface area contributed by atoms with E-state index in [0.29, 0.717) is 0 Å². The zero-order chi connectivity index (χ0) is 5.70. The predicted molar refractivity (Wildman–Crippen MR) is 34.2 cm³/mol. The molecule has 0 unspecified atom stereocenters. The van der Waals surface area contributed by atoms with Crippen molar-refractivity contribution in [3.63, 3.8) is 0 Å². The molecule has 0 spiro atoms.